The Balaban J connectivity index is 2.06. The Morgan fingerprint density at radius 2 is 2.00 bits per heavy atom. The van der Waals surface area contributed by atoms with Crippen LogP contribution in [0, 0.1) is 5.82 Å². The Kier molecular flexibility index (Phi) is 5.92. The normalized spacial score (nSPS) is 20.4. The molecule has 0 aromatic heterocycles. The number of morpholine rings is 1. The number of nitrogens with zero attached hydrogens (tertiary/aromatic N) is 1. The molecule has 7 heteroatoms. The molecule has 2 rings (SSSR count). The largest absolute Gasteiger partial charge is 0.372 e. The molecule has 1 heterocycles. The first kappa shape index (κ1) is 17.9. The maximum atomic E-state index is 13.9. The third-order valence-corrected chi connectivity index (χ3v) is 3.56. The second kappa shape index (κ2) is 7.92. The predicted molar refractivity (Wildman–Crippen MR) is 90.5 cm³/mol. The number of nitrogens with one attached hydrogen (secondary N) is 2. The van der Waals surface area contributed by atoms with Gasteiger partial charge in [-0.3, -0.25) is 9.59 Å². The van der Waals surface area contributed by atoms with E-state index in [1.165, 1.54) is 12.1 Å². The number of ether oxygens (including phenoxy) is 1. The van der Waals surface area contributed by atoms with Gasteiger partial charge in [-0.2, -0.15) is 0 Å². The molecular formula is C17H22FN3O3. The molecule has 0 radical (unpaired) electrons. The van der Waals surface area contributed by atoms with Crippen molar-refractivity contribution >= 4 is 23.2 Å². The average molecular weight is 335 g/mol. The second-order valence-corrected chi connectivity index (χ2v) is 5.83. The van der Waals surface area contributed by atoms with Gasteiger partial charge in [-0.15, -0.1) is 0 Å². The molecule has 1 saturated heterocycles. The van der Waals surface area contributed by atoms with Crippen molar-refractivity contribution in [2.24, 2.45) is 0 Å². The van der Waals surface area contributed by atoms with Crippen molar-refractivity contribution < 1.29 is 18.7 Å². The number of benzene rings is 1. The highest BCUT2D eigenvalue weighted by atomic mass is 19.1. The van der Waals surface area contributed by atoms with Crippen molar-refractivity contribution in [1.29, 1.82) is 0 Å². The zero-order valence-corrected chi connectivity index (χ0v) is 13.8. The van der Waals surface area contributed by atoms with Crippen molar-refractivity contribution in [2.45, 2.75) is 26.1 Å². The summed E-state index contributed by atoms with van der Waals surface area (Å²) in [4.78, 5) is 24.9. The lowest BCUT2D eigenvalue weighted by molar-refractivity contribution is -0.121. The molecule has 1 fully saturated rings. The van der Waals surface area contributed by atoms with Crippen LogP contribution in [-0.4, -0.2) is 43.7 Å². The third-order valence-electron chi connectivity index (χ3n) is 3.56. The standard InChI is InChI=1S/C17H22FN3O3/c1-4-16(22)19-8-17(23)20-14-5-13(18)6-15(7-14)21-9-11(2)24-12(3)10-21/h4-7,11-12H,1,8-10H2,2-3H3,(H,19,22)(H,20,23)/t11-,12+. The molecule has 6 nitrogen and oxygen atoms in total. The second-order valence-electron chi connectivity index (χ2n) is 5.83. The summed E-state index contributed by atoms with van der Waals surface area (Å²) in [5.74, 6) is -1.32. The molecule has 0 aliphatic carbocycles. The molecule has 0 unspecified atom stereocenters. The van der Waals surface area contributed by atoms with E-state index >= 15 is 0 Å². The lowest BCUT2D eigenvalue weighted by atomic mass is 10.2. The molecule has 0 bridgehead atoms. The van der Waals surface area contributed by atoms with E-state index in [9.17, 15) is 14.0 Å². The Hall–Kier alpha value is -2.41. The Labute approximate surface area is 140 Å². The van der Waals surface area contributed by atoms with Crippen LogP contribution in [0.3, 0.4) is 0 Å². The first-order chi connectivity index (χ1) is 11.4. The Morgan fingerprint density at radius 3 is 2.62 bits per heavy atom. The van der Waals surface area contributed by atoms with Gasteiger partial charge in [-0.25, -0.2) is 4.39 Å². The van der Waals surface area contributed by atoms with Crippen LogP contribution in [0.2, 0.25) is 0 Å². The van der Waals surface area contributed by atoms with Crippen molar-refractivity contribution in [1.82, 2.24) is 5.32 Å². The molecule has 24 heavy (non-hydrogen) atoms. The fourth-order valence-corrected chi connectivity index (χ4v) is 2.66. The van der Waals surface area contributed by atoms with Gasteiger partial charge >= 0.3 is 0 Å². The van der Waals surface area contributed by atoms with Gasteiger partial charge < -0.3 is 20.3 Å². The Morgan fingerprint density at radius 1 is 1.33 bits per heavy atom. The van der Waals surface area contributed by atoms with Crippen molar-refractivity contribution in [3.63, 3.8) is 0 Å². The molecule has 0 saturated carbocycles. The average Bonchev–Trinajstić information content (AvgIpc) is 2.51. The van der Waals surface area contributed by atoms with Gasteiger partial charge in [0.05, 0.1) is 18.8 Å². The van der Waals surface area contributed by atoms with Gasteiger partial charge in [-0.1, -0.05) is 6.58 Å². The zero-order valence-electron chi connectivity index (χ0n) is 13.8. The quantitative estimate of drug-likeness (QED) is 0.803. The molecule has 2 N–H and O–H groups in total. The summed E-state index contributed by atoms with van der Waals surface area (Å²) in [5.41, 5.74) is 1.03. The highest BCUT2D eigenvalue weighted by Crippen LogP contribution is 2.25. The van der Waals surface area contributed by atoms with Gasteiger partial charge in [-0.05, 0) is 38.1 Å². The van der Waals surface area contributed by atoms with Gasteiger partial charge in [0.25, 0.3) is 0 Å². The minimum Gasteiger partial charge on any atom is -0.372 e. The summed E-state index contributed by atoms with van der Waals surface area (Å²) in [6.07, 6.45) is 1.17. The van der Waals surface area contributed by atoms with E-state index < -0.39 is 17.6 Å². The molecule has 1 aliphatic heterocycles. The maximum Gasteiger partial charge on any atom is 0.243 e. The number of amides is 2. The summed E-state index contributed by atoms with van der Waals surface area (Å²) >= 11 is 0. The van der Waals surface area contributed by atoms with Crippen LogP contribution in [0.5, 0.6) is 0 Å². The van der Waals surface area contributed by atoms with E-state index in [1.54, 1.807) is 6.07 Å². The van der Waals surface area contributed by atoms with Crippen LogP contribution < -0.4 is 15.5 Å². The highest BCUT2D eigenvalue weighted by molar-refractivity contribution is 5.96. The number of anilines is 2. The van der Waals surface area contributed by atoms with Crippen LogP contribution in [0.4, 0.5) is 15.8 Å². The number of hydrogen-bond acceptors (Lipinski definition) is 4. The van der Waals surface area contributed by atoms with Gasteiger partial charge in [0.2, 0.25) is 11.8 Å². The van der Waals surface area contributed by atoms with Crippen molar-refractivity contribution in [3.8, 4) is 0 Å². The first-order valence-corrected chi connectivity index (χ1v) is 7.78. The summed E-state index contributed by atoms with van der Waals surface area (Å²) in [5, 5.41) is 4.95. The summed E-state index contributed by atoms with van der Waals surface area (Å²) in [6.45, 7) is 8.32. The SMILES string of the molecule is C=CC(=O)NCC(=O)Nc1cc(F)cc(N2C[C@@H](C)O[C@@H](C)C2)c1. The molecule has 130 valence electrons. The van der Waals surface area contributed by atoms with E-state index in [2.05, 4.69) is 17.2 Å². The molecule has 1 aromatic carbocycles. The molecular weight excluding hydrogens is 313 g/mol. The van der Waals surface area contributed by atoms with Crippen LogP contribution in [-0.2, 0) is 14.3 Å². The van der Waals surface area contributed by atoms with Crippen LogP contribution in [0.25, 0.3) is 0 Å². The van der Waals surface area contributed by atoms with Gasteiger partial charge in [0.15, 0.2) is 0 Å². The number of rotatable bonds is 5. The van der Waals surface area contributed by atoms with E-state index in [1.807, 2.05) is 18.7 Å². The van der Waals surface area contributed by atoms with Crippen LogP contribution in [0.15, 0.2) is 30.9 Å². The molecule has 2 amide bonds. The van der Waals surface area contributed by atoms with E-state index in [4.69, 9.17) is 4.74 Å². The fourth-order valence-electron chi connectivity index (χ4n) is 2.66. The summed E-state index contributed by atoms with van der Waals surface area (Å²) in [7, 11) is 0. The van der Waals surface area contributed by atoms with E-state index in [-0.39, 0.29) is 18.8 Å². The topological polar surface area (TPSA) is 70.7 Å². The smallest absolute Gasteiger partial charge is 0.243 e. The fraction of sp³-hybridized carbons (Fsp3) is 0.412. The third kappa shape index (κ3) is 5.06. The Bertz CT molecular complexity index is 626. The van der Waals surface area contributed by atoms with Crippen LogP contribution in [0.1, 0.15) is 13.8 Å². The van der Waals surface area contributed by atoms with Crippen molar-refractivity contribution in [2.75, 3.05) is 29.9 Å². The minimum atomic E-state index is -0.443. The molecule has 2 atom stereocenters. The lowest BCUT2D eigenvalue weighted by Crippen LogP contribution is -2.45. The number of carbonyl (C=O) groups excluding carboxylic acids is 2. The predicted octanol–water partition coefficient (Wildman–Crippen LogP) is 1.68. The van der Waals surface area contributed by atoms with Gasteiger partial charge in [0.1, 0.15) is 5.82 Å². The number of halogens is 1. The maximum absolute atomic E-state index is 13.9. The van der Waals surface area contributed by atoms with Gasteiger partial charge in [0, 0.05) is 24.5 Å². The van der Waals surface area contributed by atoms with Crippen molar-refractivity contribution in [3.05, 3.63) is 36.7 Å². The minimum absolute atomic E-state index is 0.0455. The van der Waals surface area contributed by atoms with E-state index in [0.717, 1.165) is 6.08 Å². The lowest BCUT2D eigenvalue weighted by Gasteiger charge is -2.37. The highest BCUT2D eigenvalue weighted by Gasteiger charge is 2.23. The monoisotopic (exact) mass is 335 g/mol. The first-order valence-electron chi connectivity index (χ1n) is 7.78. The number of carbonyl (C=O) groups is 2. The van der Waals surface area contributed by atoms with E-state index in [0.29, 0.717) is 24.5 Å². The zero-order chi connectivity index (χ0) is 17.7. The summed E-state index contributed by atoms with van der Waals surface area (Å²) < 4.78 is 19.6. The molecule has 1 aliphatic rings. The summed E-state index contributed by atoms with van der Waals surface area (Å²) in [6, 6.07) is 4.38. The molecule has 0 spiro atoms. The molecule has 1 aromatic rings. The van der Waals surface area contributed by atoms with Crippen LogP contribution >= 0.6 is 0 Å². The number of hydrogen-bond donors (Lipinski definition) is 2.